The van der Waals surface area contributed by atoms with Crippen molar-refractivity contribution in [2.45, 2.75) is 44.1 Å². The molecule has 3 N–H and O–H groups in total. The smallest absolute Gasteiger partial charge is 0.314 e. The quantitative estimate of drug-likeness (QED) is 0.629. The van der Waals surface area contributed by atoms with Gasteiger partial charge in [0.2, 0.25) is 0 Å². The fourth-order valence-corrected chi connectivity index (χ4v) is 3.60. The Morgan fingerprint density at radius 3 is 2.41 bits per heavy atom. The van der Waals surface area contributed by atoms with Crippen molar-refractivity contribution < 1.29 is 9.90 Å². The third-order valence-corrected chi connectivity index (χ3v) is 5.14. The van der Waals surface area contributed by atoms with Crippen LogP contribution in [0.5, 0.6) is 0 Å². The molecule has 0 spiro atoms. The van der Waals surface area contributed by atoms with E-state index in [0.29, 0.717) is 13.0 Å². The summed E-state index contributed by atoms with van der Waals surface area (Å²) in [6, 6.07) is -0.108. The van der Waals surface area contributed by atoms with Gasteiger partial charge in [0.05, 0.1) is 0 Å². The predicted octanol–water partition coefficient (Wildman–Crippen LogP) is 0.618. The summed E-state index contributed by atoms with van der Waals surface area (Å²) in [7, 11) is 2.18. The number of aliphatic hydroxyl groups excluding tert-OH is 1. The Labute approximate surface area is 134 Å². The first-order chi connectivity index (χ1) is 10.7. The van der Waals surface area contributed by atoms with Gasteiger partial charge in [0.25, 0.3) is 0 Å². The Bertz CT molecular complexity index is 337. The van der Waals surface area contributed by atoms with Crippen LogP contribution in [0.2, 0.25) is 0 Å². The molecule has 2 fully saturated rings. The van der Waals surface area contributed by atoms with Gasteiger partial charge in [-0.1, -0.05) is 6.42 Å². The fourth-order valence-electron chi connectivity index (χ4n) is 3.60. The average Bonchev–Trinajstić information content (AvgIpc) is 2.56. The number of hydrogen-bond acceptors (Lipinski definition) is 4. The lowest BCUT2D eigenvalue weighted by Crippen LogP contribution is -2.62. The molecular weight excluding hydrogens is 280 g/mol. The number of urea groups is 1. The van der Waals surface area contributed by atoms with E-state index in [-0.39, 0.29) is 18.2 Å². The van der Waals surface area contributed by atoms with Crippen molar-refractivity contribution >= 4 is 6.03 Å². The molecule has 0 radical (unpaired) electrons. The summed E-state index contributed by atoms with van der Waals surface area (Å²) in [5.74, 6) is 0. The van der Waals surface area contributed by atoms with Crippen LogP contribution in [0.25, 0.3) is 0 Å². The molecule has 128 valence electrons. The zero-order valence-electron chi connectivity index (χ0n) is 13.9. The lowest BCUT2D eigenvalue weighted by atomic mass is 9.84. The second-order valence-corrected chi connectivity index (χ2v) is 6.76. The number of hydrogen-bond donors (Lipinski definition) is 3. The van der Waals surface area contributed by atoms with Crippen LogP contribution in [0.4, 0.5) is 4.79 Å². The highest BCUT2D eigenvalue weighted by molar-refractivity contribution is 5.73. The average molecular weight is 312 g/mol. The second-order valence-electron chi connectivity index (χ2n) is 6.76. The number of carbonyl (C=O) groups excluding carboxylic acids is 1. The van der Waals surface area contributed by atoms with Crippen molar-refractivity contribution in [3.8, 4) is 0 Å². The van der Waals surface area contributed by atoms with Gasteiger partial charge >= 0.3 is 6.03 Å². The Kier molecular flexibility index (Phi) is 6.92. The van der Waals surface area contributed by atoms with E-state index in [9.17, 15) is 4.79 Å². The van der Waals surface area contributed by atoms with E-state index in [2.05, 4.69) is 27.5 Å². The molecule has 2 aliphatic rings. The van der Waals surface area contributed by atoms with Gasteiger partial charge in [-0.3, -0.25) is 4.90 Å². The van der Waals surface area contributed by atoms with Crippen molar-refractivity contribution in [1.29, 1.82) is 0 Å². The van der Waals surface area contributed by atoms with Gasteiger partial charge in [-0.25, -0.2) is 4.79 Å². The molecule has 0 unspecified atom stereocenters. The summed E-state index contributed by atoms with van der Waals surface area (Å²) in [5.41, 5.74) is 0.126. The van der Waals surface area contributed by atoms with Gasteiger partial charge in [0.15, 0.2) is 0 Å². The van der Waals surface area contributed by atoms with E-state index in [1.165, 1.54) is 19.3 Å². The Hall–Kier alpha value is -0.850. The van der Waals surface area contributed by atoms with Gasteiger partial charge in [0, 0.05) is 25.2 Å². The first kappa shape index (κ1) is 17.5. The number of aliphatic hydroxyl groups is 1. The third-order valence-electron chi connectivity index (χ3n) is 5.14. The molecule has 2 saturated heterocycles. The number of likely N-dealkylation sites (tertiary alicyclic amines) is 2. The van der Waals surface area contributed by atoms with E-state index in [0.717, 1.165) is 45.6 Å². The van der Waals surface area contributed by atoms with Crippen molar-refractivity contribution in [2.24, 2.45) is 0 Å². The first-order valence-corrected chi connectivity index (χ1v) is 8.72. The minimum absolute atomic E-state index is 0.108. The van der Waals surface area contributed by atoms with Crippen molar-refractivity contribution in [1.82, 2.24) is 20.4 Å². The largest absolute Gasteiger partial charge is 0.396 e. The van der Waals surface area contributed by atoms with E-state index in [1.54, 1.807) is 0 Å². The highest BCUT2D eigenvalue weighted by atomic mass is 16.3. The molecule has 0 bridgehead atoms. The minimum atomic E-state index is -0.108. The van der Waals surface area contributed by atoms with Crippen LogP contribution >= 0.6 is 0 Å². The van der Waals surface area contributed by atoms with E-state index in [1.807, 2.05) is 0 Å². The predicted molar refractivity (Wildman–Crippen MR) is 88.0 cm³/mol. The molecule has 0 aromatic heterocycles. The third kappa shape index (κ3) is 4.83. The van der Waals surface area contributed by atoms with Crippen molar-refractivity contribution in [3.63, 3.8) is 0 Å². The summed E-state index contributed by atoms with van der Waals surface area (Å²) in [6.45, 7) is 5.90. The van der Waals surface area contributed by atoms with Crippen LogP contribution in [0.1, 0.15) is 38.5 Å². The summed E-state index contributed by atoms with van der Waals surface area (Å²) >= 11 is 0. The maximum absolute atomic E-state index is 11.9. The van der Waals surface area contributed by atoms with E-state index >= 15 is 0 Å². The summed E-state index contributed by atoms with van der Waals surface area (Å²) in [4.78, 5) is 16.9. The molecule has 2 heterocycles. The molecule has 0 saturated carbocycles. The van der Waals surface area contributed by atoms with E-state index < -0.39 is 0 Å². The summed E-state index contributed by atoms with van der Waals surface area (Å²) in [5, 5.41) is 14.7. The highest BCUT2D eigenvalue weighted by Crippen LogP contribution is 2.30. The summed E-state index contributed by atoms with van der Waals surface area (Å²) in [6.07, 6.45) is 6.75. The fraction of sp³-hybridized carbons (Fsp3) is 0.938. The van der Waals surface area contributed by atoms with Crippen LogP contribution in [-0.2, 0) is 0 Å². The van der Waals surface area contributed by atoms with Gasteiger partial charge in [0.1, 0.15) is 0 Å². The zero-order valence-corrected chi connectivity index (χ0v) is 13.9. The number of nitrogens with zero attached hydrogens (tertiary/aromatic N) is 2. The van der Waals surface area contributed by atoms with Crippen molar-refractivity contribution in [3.05, 3.63) is 0 Å². The minimum Gasteiger partial charge on any atom is -0.396 e. The van der Waals surface area contributed by atoms with Crippen LogP contribution in [0, 0.1) is 0 Å². The molecule has 2 amide bonds. The van der Waals surface area contributed by atoms with Crippen LogP contribution in [0.15, 0.2) is 0 Å². The molecule has 6 heteroatoms. The maximum Gasteiger partial charge on any atom is 0.314 e. The van der Waals surface area contributed by atoms with Gasteiger partial charge < -0.3 is 20.6 Å². The topological polar surface area (TPSA) is 67.8 Å². The standard InChI is InChI=1S/C16H32N4O2/c1-19-11-6-16(7-12-19,20-9-3-2-4-10-20)14-18-15(22)17-8-5-13-21/h21H,2-14H2,1H3,(H2,17,18,22). The van der Waals surface area contributed by atoms with Crippen LogP contribution in [0.3, 0.4) is 0 Å². The molecule has 0 atom stereocenters. The molecule has 0 aromatic rings. The first-order valence-electron chi connectivity index (χ1n) is 8.72. The van der Waals surface area contributed by atoms with Crippen LogP contribution < -0.4 is 10.6 Å². The monoisotopic (exact) mass is 312 g/mol. The molecule has 22 heavy (non-hydrogen) atoms. The molecule has 6 nitrogen and oxygen atoms in total. The van der Waals surface area contributed by atoms with E-state index in [4.69, 9.17) is 5.11 Å². The second kappa shape index (κ2) is 8.70. The zero-order chi connectivity index (χ0) is 15.8. The maximum atomic E-state index is 11.9. The number of rotatable bonds is 6. The lowest BCUT2D eigenvalue weighted by molar-refractivity contribution is 0.0162. The molecule has 0 aromatic carbocycles. The highest BCUT2D eigenvalue weighted by Gasteiger charge is 2.39. The number of carbonyl (C=O) groups is 1. The Morgan fingerprint density at radius 1 is 1.09 bits per heavy atom. The molecule has 0 aliphatic carbocycles. The van der Waals surface area contributed by atoms with Crippen LogP contribution in [-0.4, -0.2) is 79.4 Å². The van der Waals surface area contributed by atoms with Crippen molar-refractivity contribution in [2.75, 3.05) is 52.9 Å². The number of amides is 2. The molecule has 2 rings (SSSR count). The SMILES string of the molecule is CN1CCC(CNC(=O)NCCCO)(N2CCCCC2)CC1. The number of piperidine rings is 2. The Balaban J connectivity index is 1.88. The molecular formula is C16H32N4O2. The number of nitrogens with one attached hydrogen (secondary N) is 2. The lowest BCUT2D eigenvalue weighted by Gasteiger charge is -2.50. The summed E-state index contributed by atoms with van der Waals surface area (Å²) < 4.78 is 0. The molecule has 2 aliphatic heterocycles. The Morgan fingerprint density at radius 2 is 1.77 bits per heavy atom. The van der Waals surface area contributed by atoms with Gasteiger partial charge in [-0.05, 0) is 65.3 Å². The normalized spacial score (nSPS) is 23.2. The van der Waals surface area contributed by atoms with Gasteiger partial charge in [-0.2, -0.15) is 0 Å². The van der Waals surface area contributed by atoms with Gasteiger partial charge in [-0.15, -0.1) is 0 Å².